The van der Waals surface area contributed by atoms with E-state index in [1.807, 2.05) is 68.4 Å². The molecule has 0 saturated carbocycles. The van der Waals surface area contributed by atoms with Crippen LogP contribution in [0.4, 0.5) is 0 Å². The Morgan fingerprint density at radius 3 is 2.33 bits per heavy atom. The minimum Gasteiger partial charge on any atom is -0.390 e. The van der Waals surface area contributed by atoms with Gasteiger partial charge in [-0.25, -0.2) is 0 Å². The summed E-state index contributed by atoms with van der Waals surface area (Å²) >= 11 is 6.73. The predicted molar refractivity (Wildman–Crippen MR) is 102 cm³/mol. The summed E-state index contributed by atoms with van der Waals surface area (Å²) in [7, 11) is -1.47. The highest BCUT2D eigenvalue weighted by Gasteiger charge is 2.41. The average Bonchev–Trinajstić information content (AvgIpc) is 2.60. The number of hydrogen-bond acceptors (Lipinski definition) is 2. The minimum atomic E-state index is -1.47. The molecular weight excluding hydrogens is 340 g/mol. The van der Waals surface area contributed by atoms with Crippen molar-refractivity contribution in [3.63, 3.8) is 0 Å². The smallest absolute Gasteiger partial charge is 0.149 e. The maximum atomic E-state index is 13.0. The molecule has 0 bridgehead atoms. The molecule has 3 atom stereocenters. The molecule has 2 aromatic rings. The minimum absolute atomic E-state index is 0.491. The van der Waals surface area contributed by atoms with Crippen LogP contribution in [0.3, 0.4) is 0 Å². The van der Waals surface area contributed by atoms with Crippen molar-refractivity contribution >= 4 is 22.4 Å². The van der Waals surface area contributed by atoms with Gasteiger partial charge >= 0.3 is 0 Å². The molecule has 0 heterocycles. The molecule has 2 rings (SSSR count). The van der Waals surface area contributed by atoms with Gasteiger partial charge in [0.05, 0.1) is 16.9 Å². The lowest BCUT2D eigenvalue weighted by molar-refractivity contribution is 0.142. The van der Waals surface area contributed by atoms with Crippen LogP contribution in [0, 0.1) is 6.92 Å². The summed E-state index contributed by atoms with van der Waals surface area (Å²) in [5.41, 5.74) is 2.25. The van der Waals surface area contributed by atoms with Crippen LogP contribution < -0.4 is 0 Å². The molecule has 1 unspecified atom stereocenters. The number of halogens is 1. The standard InChI is InChI=1S/C20H25ClO2S/c1-3-15-20(21,24(23)18-12-9-16(2)10-13-18)19(22)14-11-17-7-5-4-6-8-17/h4-10,12-13,19,22H,3,11,14-15H2,1-2H3/t19-,20+,24?/m1/s1. The molecule has 1 N–H and O–H groups in total. The van der Waals surface area contributed by atoms with Crippen LogP contribution in [-0.4, -0.2) is 19.6 Å². The molecule has 0 aliphatic heterocycles. The molecule has 0 aliphatic rings. The largest absolute Gasteiger partial charge is 0.390 e. The predicted octanol–water partition coefficient (Wildman–Crippen LogP) is 4.83. The van der Waals surface area contributed by atoms with Crippen molar-refractivity contribution in [1.82, 2.24) is 0 Å². The number of aryl methyl sites for hydroxylation is 2. The van der Waals surface area contributed by atoms with Crippen LogP contribution in [0.1, 0.15) is 37.3 Å². The molecule has 4 heteroatoms. The quantitative estimate of drug-likeness (QED) is 0.681. The molecule has 0 spiro atoms. The number of aliphatic hydroxyl groups is 1. The van der Waals surface area contributed by atoms with E-state index in [9.17, 15) is 9.32 Å². The fraction of sp³-hybridized carbons (Fsp3) is 0.400. The first-order valence-electron chi connectivity index (χ1n) is 8.37. The first-order valence-corrected chi connectivity index (χ1v) is 9.89. The summed E-state index contributed by atoms with van der Waals surface area (Å²) < 4.78 is 11.9. The SMILES string of the molecule is CCC[C@@](Cl)([C@H](O)CCc1ccccc1)S(=O)c1ccc(C)cc1. The Labute approximate surface area is 152 Å². The molecule has 130 valence electrons. The normalized spacial score (nSPS) is 16.3. The monoisotopic (exact) mass is 364 g/mol. The number of alkyl halides is 1. The zero-order valence-electron chi connectivity index (χ0n) is 14.2. The van der Waals surface area contributed by atoms with Crippen LogP contribution in [0.5, 0.6) is 0 Å². The lowest BCUT2D eigenvalue weighted by Gasteiger charge is -2.31. The summed E-state index contributed by atoms with van der Waals surface area (Å²) in [5.74, 6) is 0. The van der Waals surface area contributed by atoms with Crippen molar-refractivity contribution in [3.05, 3.63) is 65.7 Å². The van der Waals surface area contributed by atoms with Crippen molar-refractivity contribution in [2.45, 2.75) is 54.7 Å². The summed E-state index contributed by atoms with van der Waals surface area (Å²) in [4.78, 5) is 0.669. The van der Waals surface area contributed by atoms with Gasteiger partial charge in [0, 0.05) is 4.90 Å². The lowest BCUT2D eigenvalue weighted by atomic mass is 10.0. The zero-order valence-corrected chi connectivity index (χ0v) is 15.8. The summed E-state index contributed by atoms with van der Waals surface area (Å²) in [5, 5.41) is 10.7. The zero-order chi connectivity index (χ0) is 17.6. The number of aliphatic hydroxyl groups excluding tert-OH is 1. The molecule has 2 nitrogen and oxygen atoms in total. The highest BCUT2D eigenvalue weighted by atomic mass is 35.5. The first kappa shape index (κ1) is 19.2. The van der Waals surface area contributed by atoms with Gasteiger partial charge in [0.25, 0.3) is 0 Å². The van der Waals surface area contributed by atoms with E-state index in [2.05, 4.69) is 0 Å². The van der Waals surface area contributed by atoms with Gasteiger partial charge in [0.1, 0.15) is 4.21 Å². The van der Waals surface area contributed by atoms with Crippen molar-refractivity contribution in [3.8, 4) is 0 Å². The number of hydrogen-bond donors (Lipinski definition) is 1. The van der Waals surface area contributed by atoms with E-state index in [-0.39, 0.29) is 0 Å². The van der Waals surface area contributed by atoms with Crippen molar-refractivity contribution in [2.24, 2.45) is 0 Å². The number of rotatable bonds is 8. The Bertz CT molecular complexity index is 657. The Balaban J connectivity index is 2.15. The molecule has 0 amide bonds. The highest BCUT2D eigenvalue weighted by Crippen LogP contribution is 2.36. The molecular formula is C20H25ClO2S. The second-order valence-corrected chi connectivity index (χ2v) is 8.79. The van der Waals surface area contributed by atoms with E-state index in [0.29, 0.717) is 24.2 Å². The molecule has 2 aromatic carbocycles. The van der Waals surface area contributed by atoms with Gasteiger partial charge in [-0.2, -0.15) is 0 Å². The molecule has 0 aliphatic carbocycles. The summed E-state index contributed by atoms with van der Waals surface area (Å²) in [6.07, 6.45) is 1.65. The second-order valence-electron chi connectivity index (χ2n) is 6.16. The average molecular weight is 365 g/mol. The van der Waals surface area contributed by atoms with E-state index in [1.54, 1.807) is 0 Å². The third kappa shape index (κ3) is 4.69. The fourth-order valence-corrected chi connectivity index (χ4v) is 4.84. The van der Waals surface area contributed by atoms with Gasteiger partial charge < -0.3 is 5.11 Å². The van der Waals surface area contributed by atoms with E-state index >= 15 is 0 Å². The van der Waals surface area contributed by atoms with E-state index in [4.69, 9.17) is 11.6 Å². The van der Waals surface area contributed by atoms with Gasteiger partial charge in [-0.1, -0.05) is 61.4 Å². The summed E-state index contributed by atoms with van der Waals surface area (Å²) in [6.45, 7) is 3.98. The molecule has 0 saturated heterocycles. The van der Waals surface area contributed by atoms with Gasteiger partial charge in [0.2, 0.25) is 0 Å². The fourth-order valence-electron chi connectivity index (χ4n) is 2.75. The van der Waals surface area contributed by atoms with Crippen LogP contribution in [0.25, 0.3) is 0 Å². The van der Waals surface area contributed by atoms with E-state index < -0.39 is 21.1 Å². The second kappa shape index (κ2) is 8.80. The molecule has 24 heavy (non-hydrogen) atoms. The van der Waals surface area contributed by atoms with Crippen LogP contribution in [0.15, 0.2) is 59.5 Å². The van der Waals surface area contributed by atoms with Crippen molar-refractivity contribution in [2.75, 3.05) is 0 Å². The van der Waals surface area contributed by atoms with E-state index in [0.717, 1.165) is 17.5 Å². The summed E-state index contributed by atoms with van der Waals surface area (Å²) in [6, 6.07) is 17.5. The Hall–Kier alpha value is -1.16. The number of benzene rings is 2. The van der Waals surface area contributed by atoms with E-state index in [1.165, 1.54) is 0 Å². The van der Waals surface area contributed by atoms with Gasteiger partial charge in [-0.15, -0.1) is 11.6 Å². The Kier molecular flexibility index (Phi) is 7.02. The first-order chi connectivity index (χ1) is 11.5. The van der Waals surface area contributed by atoms with Gasteiger partial charge in [0.15, 0.2) is 0 Å². The van der Waals surface area contributed by atoms with Crippen LogP contribution in [-0.2, 0) is 17.2 Å². The topological polar surface area (TPSA) is 37.3 Å². The van der Waals surface area contributed by atoms with Crippen molar-refractivity contribution in [1.29, 1.82) is 0 Å². The third-order valence-electron chi connectivity index (χ3n) is 4.18. The lowest BCUT2D eigenvalue weighted by Crippen LogP contribution is -2.41. The van der Waals surface area contributed by atoms with Crippen LogP contribution >= 0.6 is 11.6 Å². The Morgan fingerprint density at radius 1 is 1.12 bits per heavy atom. The molecule has 0 fully saturated rings. The maximum Gasteiger partial charge on any atom is 0.149 e. The Morgan fingerprint density at radius 2 is 1.75 bits per heavy atom. The molecule has 0 aromatic heterocycles. The van der Waals surface area contributed by atoms with Crippen LogP contribution in [0.2, 0.25) is 0 Å². The van der Waals surface area contributed by atoms with Crippen molar-refractivity contribution < 1.29 is 9.32 Å². The third-order valence-corrected chi connectivity index (χ3v) is 6.84. The maximum absolute atomic E-state index is 13.0. The highest BCUT2D eigenvalue weighted by molar-refractivity contribution is 7.88. The molecule has 0 radical (unpaired) electrons. The van der Waals surface area contributed by atoms with Gasteiger partial charge in [-0.3, -0.25) is 4.21 Å². The van der Waals surface area contributed by atoms with Gasteiger partial charge in [-0.05, 0) is 43.9 Å².